The van der Waals surface area contributed by atoms with Crippen molar-refractivity contribution in [3.8, 4) is 0 Å². The molecule has 2 aromatic rings. The third kappa shape index (κ3) is 2.50. The molecule has 0 aliphatic heterocycles. The number of benzene rings is 1. The van der Waals surface area contributed by atoms with Crippen LogP contribution in [0.1, 0.15) is 16.1 Å². The van der Waals surface area contributed by atoms with Crippen molar-refractivity contribution in [3.05, 3.63) is 45.6 Å². The average molecular weight is 293 g/mol. The van der Waals surface area contributed by atoms with E-state index in [1.165, 1.54) is 10.7 Å². The summed E-state index contributed by atoms with van der Waals surface area (Å²) >= 11 is 1.02. The predicted molar refractivity (Wildman–Crippen MR) is 72.1 cm³/mol. The van der Waals surface area contributed by atoms with Gasteiger partial charge >= 0.3 is 11.7 Å². The number of hydrogen-bond donors (Lipinski definition) is 1. The molecule has 0 spiro atoms. The van der Waals surface area contributed by atoms with Gasteiger partial charge in [-0.1, -0.05) is 23.9 Å². The lowest BCUT2D eigenvalue weighted by molar-refractivity contribution is -0.388. The zero-order valence-electron chi connectivity index (χ0n) is 10.7. The lowest BCUT2D eigenvalue weighted by atomic mass is 10.2. The summed E-state index contributed by atoms with van der Waals surface area (Å²) < 4.78 is 1.39. The van der Waals surface area contributed by atoms with Crippen LogP contribution in [0.25, 0.3) is 0 Å². The molecule has 0 aliphatic rings. The molecule has 0 aliphatic carbocycles. The van der Waals surface area contributed by atoms with E-state index in [2.05, 4.69) is 5.10 Å². The lowest BCUT2D eigenvalue weighted by Gasteiger charge is -2.05. The van der Waals surface area contributed by atoms with Crippen LogP contribution in [0.4, 0.5) is 5.69 Å². The fraction of sp³-hybridized carbons (Fsp3) is 0.167. The molecule has 1 aromatic carbocycles. The first kappa shape index (κ1) is 14.1. The Morgan fingerprint density at radius 3 is 2.70 bits per heavy atom. The Morgan fingerprint density at radius 1 is 1.45 bits per heavy atom. The van der Waals surface area contributed by atoms with Crippen LogP contribution in [-0.2, 0) is 7.05 Å². The quantitative estimate of drug-likeness (QED) is 0.687. The van der Waals surface area contributed by atoms with E-state index in [4.69, 9.17) is 5.11 Å². The van der Waals surface area contributed by atoms with Crippen molar-refractivity contribution in [2.75, 3.05) is 0 Å². The number of nitro groups is 1. The molecule has 104 valence electrons. The SMILES string of the molecule is Cc1nn(C)c(Sc2ccccc2C(=O)O)c1[N+](=O)[O-]. The molecule has 2 rings (SSSR count). The van der Waals surface area contributed by atoms with Crippen LogP contribution in [0.5, 0.6) is 0 Å². The van der Waals surface area contributed by atoms with Crippen molar-refractivity contribution in [1.82, 2.24) is 9.78 Å². The van der Waals surface area contributed by atoms with Gasteiger partial charge in [-0.2, -0.15) is 5.10 Å². The highest BCUT2D eigenvalue weighted by molar-refractivity contribution is 7.99. The van der Waals surface area contributed by atoms with Gasteiger partial charge in [-0.15, -0.1) is 0 Å². The van der Waals surface area contributed by atoms with E-state index in [0.717, 1.165) is 11.8 Å². The van der Waals surface area contributed by atoms with E-state index >= 15 is 0 Å². The van der Waals surface area contributed by atoms with E-state index < -0.39 is 10.9 Å². The van der Waals surface area contributed by atoms with Crippen LogP contribution in [0.3, 0.4) is 0 Å². The molecule has 0 amide bonds. The van der Waals surface area contributed by atoms with Gasteiger partial charge in [-0.25, -0.2) is 4.79 Å². The molecule has 8 heteroatoms. The summed E-state index contributed by atoms with van der Waals surface area (Å²) in [4.78, 5) is 22.2. The molecule has 0 radical (unpaired) electrons. The third-order valence-electron chi connectivity index (χ3n) is 2.65. The van der Waals surface area contributed by atoms with Gasteiger partial charge in [0, 0.05) is 11.9 Å². The molecule has 1 N–H and O–H groups in total. The van der Waals surface area contributed by atoms with Crippen molar-refractivity contribution in [2.24, 2.45) is 7.05 Å². The number of aromatic nitrogens is 2. The summed E-state index contributed by atoms with van der Waals surface area (Å²) in [7, 11) is 1.59. The van der Waals surface area contributed by atoms with Crippen molar-refractivity contribution in [3.63, 3.8) is 0 Å². The Labute approximate surface area is 118 Å². The summed E-state index contributed by atoms with van der Waals surface area (Å²) in [6, 6.07) is 6.36. The highest BCUT2D eigenvalue weighted by Crippen LogP contribution is 2.37. The van der Waals surface area contributed by atoms with Gasteiger partial charge in [-0.05, 0) is 19.1 Å². The maximum absolute atomic E-state index is 11.2. The molecule has 20 heavy (non-hydrogen) atoms. The first-order valence-corrected chi connectivity index (χ1v) is 6.41. The molecule has 0 atom stereocenters. The number of aryl methyl sites for hydroxylation is 2. The summed E-state index contributed by atoms with van der Waals surface area (Å²) in [5.41, 5.74) is 0.302. The molecule has 0 bridgehead atoms. The van der Waals surface area contributed by atoms with Crippen LogP contribution >= 0.6 is 11.8 Å². The van der Waals surface area contributed by atoms with Crippen LogP contribution in [0.15, 0.2) is 34.2 Å². The predicted octanol–water partition coefficient (Wildman–Crippen LogP) is 2.49. The van der Waals surface area contributed by atoms with Gasteiger partial charge < -0.3 is 5.11 Å². The number of aromatic carboxylic acids is 1. The van der Waals surface area contributed by atoms with E-state index in [-0.39, 0.29) is 11.3 Å². The second kappa shape index (κ2) is 5.33. The molecule has 1 heterocycles. The normalized spacial score (nSPS) is 10.5. The van der Waals surface area contributed by atoms with Crippen molar-refractivity contribution >= 4 is 23.4 Å². The van der Waals surface area contributed by atoms with E-state index in [1.807, 2.05) is 0 Å². The first-order valence-electron chi connectivity index (χ1n) is 5.60. The zero-order valence-corrected chi connectivity index (χ0v) is 11.5. The van der Waals surface area contributed by atoms with Crippen LogP contribution < -0.4 is 0 Å². The molecule has 0 saturated carbocycles. The molecule has 0 fully saturated rings. The van der Waals surface area contributed by atoms with E-state index in [9.17, 15) is 14.9 Å². The molecule has 7 nitrogen and oxygen atoms in total. The zero-order chi connectivity index (χ0) is 14.9. The average Bonchev–Trinajstić information content (AvgIpc) is 2.64. The van der Waals surface area contributed by atoms with Gasteiger partial charge in [0.05, 0.1) is 10.5 Å². The first-order chi connectivity index (χ1) is 9.41. The van der Waals surface area contributed by atoms with Gasteiger partial charge in [0.2, 0.25) is 0 Å². The van der Waals surface area contributed by atoms with E-state index in [1.54, 1.807) is 32.2 Å². The fourth-order valence-corrected chi connectivity index (χ4v) is 2.90. The Kier molecular flexibility index (Phi) is 3.75. The van der Waals surface area contributed by atoms with Crippen LogP contribution in [0, 0.1) is 17.0 Å². The third-order valence-corrected chi connectivity index (χ3v) is 3.87. The largest absolute Gasteiger partial charge is 0.478 e. The Balaban J connectivity index is 2.51. The minimum Gasteiger partial charge on any atom is -0.478 e. The molecule has 0 saturated heterocycles. The Morgan fingerprint density at radius 2 is 2.10 bits per heavy atom. The van der Waals surface area contributed by atoms with Crippen molar-refractivity contribution in [2.45, 2.75) is 16.8 Å². The van der Waals surface area contributed by atoms with Crippen molar-refractivity contribution < 1.29 is 14.8 Å². The fourth-order valence-electron chi connectivity index (χ4n) is 1.79. The van der Waals surface area contributed by atoms with Gasteiger partial charge in [0.1, 0.15) is 5.69 Å². The minimum atomic E-state index is -1.07. The maximum atomic E-state index is 11.2. The second-order valence-electron chi connectivity index (χ2n) is 4.02. The molecular weight excluding hydrogens is 282 g/mol. The van der Waals surface area contributed by atoms with Crippen LogP contribution in [0.2, 0.25) is 0 Å². The Bertz CT molecular complexity index is 696. The Hall–Kier alpha value is -2.35. The lowest BCUT2D eigenvalue weighted by Crippen LogP contribution is -2.00. The summed E-state index contributed by atoms with van der Waals surface area (Å²) in [6.45, 7) is 1.55. The summed E-state index contributed by atoms with van der Waals surface area (Å²) in [6.07, 6.45) is 0. The molecule has 1 aromatic heterocycles. The standard InChI is InChI=1S/C12H11N3O4S/c1-7-10(15(18)19)11(14(2)13-7)20-9-6-4-3-5-8(9)12(16)17/h3-6H,1-2H3,(H,16,17). The smallest absolute Gasteiger partial charge is 0.336 e. The number of carboxylic acids is 1. The van der Waals surface area contributed by atoms with Gasteiger partial charge in [0.25, 0.3) is 0 Å². The molecule has 0 unspecified atom stereocenters. The maximum Gasteiger partial charge on any atom is 0.336 e. The van der Waals surface area contributed by atoms with Gasteiger partial charge in [0.15, 0.2) is 5.03 Å². The second-order valence-corrected chi connectivity index (χ2v) is 5.05. The van der Waals surface area contributed by atoms with Gasteiger partial charge in [-0.3, -0.25) is 14.8 Å². The monoisotopic (exact) mass is 293 g/mol. The highest BCUT2D eigenvalue weighted by Gasteiger charge is 2.25. The summed E-state index contributed by atoms with van der Waals surface area (Å²) in [5.74, 6) is -1.07. The highest BCUT2D eigenvalue weighted by atomic mass is 32.2. The number of nitrogens with zero attached hydrogens (tertiary/aromatic N) is 3. The number of hydrogen-bond acceptors (Lipinski definition) is 5. The topological polar surface area (TPSA) is 98.3 Å². The summed E-state index contributed by atoms with van der Waals surface area (Å²) in [5, 5.41) is 24.5. The number of carboxylic acid groups (broad SMARTS) is 1. The van der Waals surface area contributed by atoms with Crippen LogP contribution in [-0.4, -0.2) is 25.8 Å². The van der Waals surface area contributed by atoms with Crippen molar-refractivity contribution in [1.29, 1.82) is 0 Å². The van der Waals surface area contributed by atoms with E-state index in [0.29, 0.717) is 15.6 Å². The number of carbonyl (C=O) groups is 1. The minimum absolute atomic E-state index is 0.0994. The number of rotatable bonds is 4. The molecular formula is C12H11N3O4S.